The molecule has 4 nitrogen and oxygen atoms in total. The van der Waals surface area contributed by atoms with E-state index in [1.807, 2.05) is 20.8 Å². The van der Waals surface area contributed by atoms with Gasteiger partial charge in [0.2, 0.25) is 11.8 Å². The topological polar surface area (TPSA) is 49.4 Å². The van der Waals surface area contributed by atoms with Crippen molar-refractivity contribution in [3.8, 4) is 0 Å². The molecular formula is C13H24N2O2. The van der Waals surface area contributed by atoms with Gasteiger partial charge in [-0.2, -0.15) is 0 Å². The molecule has 1 rings (SSSR count). The number of hydrogen-bond donors (Lipinski definition) is 1. The van der Waals surface area contributed by atoms with Crippen molar-refractivity contribution in [2.75, 3.05) is 6.54 Å². The minimum absolute atomic E-state index is 0.0350. The number of carbonyl (C=O) groups is 2. The van der Waals surface area contributed by atoms with E-state index in [2.05, 4.69) is 12.2 Å². The number of hydrogen-bond acceptors (Lipinski definition) is 2. The maximum absolute atomic E-state index is 12.3. The fraction of sp³-hybridized carbons (Fsp3) is 0.846. The van der Waals surface area contributed by atoms with Gasteiger partial charge in [0.05, 0.1) is 0 Å². The molecule has 0 aromatic heterocycles. The van der Waals surface area contributed by atoms with Gasteiger partial charge in [0.15, 0.2) is 0 Å². The van der Waals surface area contributed by atoms with Gasteiger partial charge in [0.25, 0.3) is 0 Å². The highest BCUT2D eigenvalue weighted by atomic mass is 16.2. The van der Waals surface area contributed by atoms with E-state index in [1.165, 1.54) is 0 Å². The van der Waals surface area contributed by atoms with E-state index in [-0.39, 0.29) is 29.9 Å². The average Bonchev–Trinajstić information content (AvgIpc) is 2.23. The summed E-state index contributed by atoms with van der Waals surface area (Å²) in [5.41, 5.74) is -0.227. The van der Waals surface area contributed by atoms with Gasteiger partial charge >= 0.3 is 0 Å². The van der Waals surface area contributed by atoms with Gasteiger partial charge in [-0.3, -0.25) is 9.59 Å². The Morgan fingerprint density at radius 2 is 1.94 bits per heavy atom. The van der Waals surface area contributed by atoms with Gasteiger partial charge in [-0.1, -0.05) is 26.7 Å². The summed E-state index contributed by atoms with van der Waals surface area (Å²) in [5.74, 6) is 0.0390. The Bertz CT molecular complexity index is 300. The first-order valence-electron chi connectivity index (χ1n) is 6.53. The Morgan fingerprint density at radius 3 is 2.47 bits per heavy atom. The van der Waals surface area contributed by atoms with Crippen LogP contribution in [-0.4, -0.2) is 34.8 Å². The van der Waals surface area contributed by atoms with Gasteiger partial charge in [-0.15, -0.1) is 0 Å². The van der Waals surface area contributed by atoms with Crippen molar-refractivity contribution in [3.05, 3.63) is 0 Å². The molecule has 0 bridgehead atoms. The molecule has 1 fully saturated rings. The third-order valence-electron chi connectivity index (χ3n) is 3.37. The van der Waals surface area contributed by atoms with Gasteiger partial charge < -0.3 is 10.2 Å². The van der Waals surface area contributed by atoms with Crippen molar-refractivity contribution in [3.63, 3.8) is 0 Å². The van der Waals surface area contributed by atoms with E-state index in [9.17, 15) is 9.59 Å². The fourth-order valence-electron chi connectivity index (χ4n) is 2.45. The van der Waals surface area contributed by atoms with Crippen LogP contribution in [0.3, 0.4) is 0 Å². The first-order valence-corrected chi connectivity index (χ1v) is 6.53. The zero-order valence-corrected chi connectivity index (χ0v) is 11.4. The molecule has 1 heterocycles. The van der Waals surface area contributed by atoms with Crippen LogP contribution in [0.4, 0.5) is 0 Å². The molecule has 2 amide bonds. The number of carbonyl (C=O) groups excluding carboxylic acids is 2. The maximum atomic E-state index is 12.3. The average molecular weight is 240 g/mol. The fourth-order valence-corrected chi connectivity index (χ4v) is 2.45. The standard InChI is InChI=1S/C13H24N2O2/c1-5-7-10-12(17)15(9-11(16)14-10)13(3,4)8-6-2/h10H,5-9H2,1-4H3,(H,14,16). The SMILES string of the molecule is CCCC1NC(=O)CN(C(C)(C)CCC)C1=O. The maximum Gasteiger partial charge on any atom is 0.246 e. The van der Waals surface area contributed by atoms with Crippen molar-refractivity contribution in [2.45, 2.75) is 65.0 Å². The predicted molar refractivity (Wildman–Crippen MR) is 67.5 cm³/mol. The Morgan fingerprint density at radius 1 is 1.29 bits per heavy atom. The smallest absolute Gasteiger partial charge is 0.246 e. The lowest BCUT2D eigenvalue weighted by atomic mass is 9.93. The lowest BCUT2D eigenvalue weighted by Gasteiger charge is -2.43. The third kappa shape index (κ3) is 3.20. The zero-order valence-electron chi connectivity index (χ0n) is 11.4. The Kier molecular flexibility index (Phi) is 4.54. The first kappa shape index (κ1) is 14.0. The molecular weight excluding hydrogens is 216 g/mol. The summed E-state index contributed by atoms with van der Waals surface area (Å²) < 4.78 is 0. The van der Waals surface area contributed by atoms with Crippen molar-refractivity contribution in [2.24, 2.45) is 0 Å². The van der Waals surface area contributed by atoms with Crippen LogP contribution in [0.2, 0.25) is 0 Å². The number of nitrogens with one attached hydrogen (secondary N) is 1. The molecule has 4 heteroatoms. The highest BCUT2D eigenvalue weighted by molar-refractivity contribution is 5.95. The number of piperazine rings is 1. The lowest BCUT2D eigenvalue weighted by molar-refractivity contribution is -0.150. The summed E-state index contributed by atoms with van der Waals surface area (Å²) in [5, 5.41) is 2.78. The van der Waals surface area contributed by atoms with Crippen molar-refractivity contribution in [1.82, 2.24) is 10.2 Å². The third-order valence-corrected chi connectivity index (χ3v) is 3.37. The number of rotatable bonds is 5. The van der Waals surface area contributed by atoms with Crippen molar-refractivity contribution >= 4 is 11.8 Å². The second kappa shape index (κ2) is 5.52. The van der Waals surface area contributed by atoms with Crippen molar-refractivity contribution in [1.29, 1.82) is 0 Å². The van der Waals surface area contributed by atoms with Gasteiger partial charge in [0, 0.05) is 5.54 Å². The minimum Gasteiger partial charge on any atom is -0.343 e. The van der Waals surface area contributed by atoms with E-state index in [0.717, 1.165) is 25.7 Å². The molecule has 0 aromatic rings. The summed E-state index contributed by atoms with van der Waals surface area (Å²) in [6.07, 6.45) is 3.56. The van der Waals surface area contributed by atoms with Crippen molar-refractivity contribution < 1.29 is 9.59 Å². The first-order chi connectivity index (χ1) is 7.92. The molecule has 0 spiro atoms. The largest absolute Gasteiger partial charge is 0.343 e. The Labute approximate surface area is 104 Å². The van der Waals surface area contributed by atoms with Crippen LogP contribution in [0.15, 0.2) is 0 Å². The lowest BCUT2D eigenvalue weighted by Crippen LogP contribution is -2.63. The summed E-state index contributed by atoms with van der Waals surface area (Å²) in [6, 6.07) is -0.322. The molecule has 0 radical (unpaired) electrons. The molecule has 1 atom stereocenters. The number of amides is 2. The Hall–Kier alpha value is -1.06. The van der Waals surface area contributed by atoms with E-state index in [0.29, 0.717) is 0 Å². The van der Waals surface area contributed by atoms with Gasteiger partial charge in [-0.25, -0.2) is 0 Å². The molecule has 0 aromatic carbocycles. The monoisotopic (exact) mass is 240 g/mol. The van der Waals surface area contributed by atoms with Gasteiger partial charge in [-0.05, 0) is 26.7 Å². The van der Waals surface area contributed by atoms with Crippen LogP contribution in [0, 0.1) is 0 Å². The molecule has 0 saturated carbocycles. The molecule has 1 N–H and O–H groups in total. The van der Waals surface area contributed by atoms with Crippen LogP contribution in [-0.2, 0) is 9.59 Å². The Balaban J connectivity index is 2.83. The van der Waals surface area contributed by atoms with Crippen LogP contribution >= 0.6 is 0 Å². The normalized spacial score (nSPS) is 21.6. The molecule has 1 aliphatic rings. The number of nitrogens with zero attached hydrogens (tertiary/aromatic N) is 1. The highest BCUT2D eigenvalue weighted by Gasteiger charge is 2.39. The quantitative estimate of drug-likeness (QED) is 0.795. The molecule has 1 unspecified atom stereocenters. The summed E-state index contributed by atoms with van der Waals surface area (Å²) in [6.45, 7) is 8.40. The van der Waals surface area contributed by atoms with E-state index < -0.39 is 0 Å². The van der Waals surface area contributed by atoms with E-state index >= 15 is 0 Å². The zero-order chi connectivity index (χ0) is 13.1. The van der Waals surface area contributed by atoms with E-state index in [1.54, 1.807) is 4.90 Å². The second-order valence-electron chi connectivity index (χ2n) is 5.40. The highest BCUT2D eigenvalue weighted by Crippen LogP contribution is 2.24. The summed E-state index contributed by atoms with van der Waals surface area (Å²) in [4.78, 5) is 25.7. The van der Waals surface area contributed by atoms with Crippen LogP contribution < -0.4 is 5.32 Å². The van der Waals surface area contributed by atoms with Crippen LogP contribution in [0.5, 0.6) is 0 Å². The van der Waals surface area contributed by atoms with Gasteiger partial charge in [0.1, 0.15) is 12.6 Å². The minimum atomic E-state index is -0.322. The summed E-state index contributed by atoms with van der Waals surface area (Å²) >= 11 is 0. The molecule has 98 valence electrons. The predicted octanol–water partition coefficient (Wildman–Crippen LogP) is 1.69. The molecule has 1 aliphatic heterocycles. The summed E-state index contributed by atoms with van der Waals surface area (Å²) in [7, 11) is 0. The van der Waals surface area contributed by atoms with E-state index in [4.69, 9.17) is 0 Å². The molecule has 0 aliphatic carbocycles. The second-order valence-corrected chi connectivity index (χ2v) is 5.40. The van der Waals surface area contributed by atoms with Crippen LogP contribution in [0.25, 0.3) is 0 Å². The van der Waals surface area contributed by atoms with Crippen LogP contribution in [0.1, 0.15) is 53.4 Å². The molecule has 17 heavy (non-hydrogen) atoms. The molecule has 1 saturated heterocycles.